The van der Waals surface area contributed by atoms with Crippen LogP contribution in [-0.2, 0) is 24.0 Å². The average molecular weight is 493 g/mol. The highest BCUT2D eigenvalue weighted by atomic mass is 32.2. The summed E-state index contributed by atoms with van der Waals surface area (Å²) in [5.74, 6) is -4.31. The molecule has 3 amide bonds. The van der Waals surface area contributed by atoms with Crippen LogP contribution in [0.5, 0.6) is 0 Å². The van der Waals surface area contributed by atoms with Gasteiger partial charge in [-0.1, -0.05) is 13.8 Å². The van der Waals surface area contributed by atoms with Crippen LogP contribution in [0, 0.1) is 5.92 Å². The van der Waals surface area contributed by atoms with Crippen molar-refractivity contribution in [2.24, 2.45) is 11.7 Å². The highest BCUT2D eigenvalue weighted by Gasteiger charge is 2.31. The van der Waals surface area contributed by atoms with Gasteiger partial charge in [0.2, 0.25) is 17.7 Å². The zero-order valence-electron chi connectivity index (χ0n) is 19.4. The first-order valence-corrected chi connectivity index (χ1v) is 12.0. The van der Waals surface area contributed by atoms with Crippen molar-refractivity contribution in [3.63, 3.8) is 0 Å². The Kier molecular flexibility index (Phi) is 14.3. The van der Waals surface area contributed by atoms with Gasteiger partial charge in [0.15, 0.2) is 0 Å². The van der Waals surface area contributed by atoms with Crippen LogP contribution in [0.3, 0.4) is 0 Å². The number of rotatable bonds is 16. The van der Waals surface area contributed by atoms with E-state index in [1.54, 1.807) is 6.26 Å². The monoisotopic (exact) mass is 492 g/mol. The number of carboxylic acids is 2. The standard InChI is InChI=1S/C20H36N4O8S/c1-10(2)9-14(20(31)32)24-18(29)13(7-8-33-4)22-17(28)12(5-6-15(26)27)23-19(30)16(21)11(3)25/h10-14,16,25H,5-9,21H2,1-4H3,(H,22,28)(H,23,30)(H,24,29)(H,26,27)(H,31,32). The maximum atomic E-state index is 12.8. The van der Waals surface area contributed by atoms with E-state index >= 15 is 0 Å². The summed E-state index contributed by atoms with van der Waals surface area (Å²) in [6.45, 7) is 4.90. The number of amides is 3. The molecule has 0 saturated heterocycles. The van der Waals surface area contributed by atoms with E-state index in [2.05, 4.69) is 16.0 Å². The Morgan fingerprint density at radius 2 is 1.33 bits per heavy atom. The van der Waals surface area contributed by atoms with E-state index in [4.69, 9.17) is 10.8 Å². The zero-order valence-corrected chi connectivity index (χ0v) is 20.2. The van der Waals surface area contributed by atoms with E-state index in [0.29, 0.717) is 5.75 Å². The number of aliphatic hydroxyl groups excluding tert-OH is 1. The molecular weight excluding hydrogens is 456 g/mol. The quantitative estimate of drug-likeness (QED) is 0.138. The van der Waals surface area contributed by atoms with Crippen molar-refractivity contribution in [1.29, 1.82) is 0 Å². The fraction of sp³-hybridized carbons (Fsp3) is 0.750. The summed E-state index contributed by atoms with van der Waals surface area (Å²) in [6, 6.07) is -4.91. The minimum Gasteiger partial charge on any atom is -0.481 e. The van der Waals surface area contributed by atoms with E-state index in [0.717, 1.165) is 0 Å². The molecule has 5 unspecified atom stereocenters. The molecule has 0 aromatic carbocycles. The minimum absolute atomic E-state index is 0.000579. The summed E-state index contributed by atoms with van der Waals surface area (Å²) in [5.41, 5.74) is 5.57. The second kappa shape index (κ2) is 15.5. The van der Waals surface area contributed by atoms with Crippen molar-refractivity contribution in [2.45, 2.75) is 76.7 Å². The Bertz CT molecular complexity index is 689. The molecule has 0 fully saturated rings. The van der Waals surface area contributed by atoms with Gasteiger partial charge < -0.3 is 37.0 Å². The van der Waals surface area contributed by atoms with E-state index < -0.39 is 66.4 Å². The molecular formula is C20H36N4O8S. The lowest BCUT2D eigenvalue weighted by molar-refractivity contribution is -0.142. The van der Waals surface area contributed by atoms with Crippen LogP contribution >= 0.6 is 11.8 Å². The summed E-state index contributed by atoms with van der Waals surface area (Å²) < 4.78 is 0. The first-order valence-electron chi connectivity index (χ1n) is 10.6. The first kappa shape index (κ1) is 30.6. The number of thioether (sulfide) groups is 1. The van der Waals surface area contributed by atoms with Crippen molar-refractivity contribution in [2.75, 3.05) is 12.0 Å². The number of hydrogen-bond acceptors (Lipinski definition) is 8. The number of nitrogens with one attached hydrogen (secondary N) is 3. The lowest BCUT2D eigenvalue weighted by atomic mass is 10.0. The molecule has 0 aliphatic carbocycles. The Morgan fingerprint density at radius 1 is 0.848 bits per heavy atom. The highest BCUT2D eigenvalue weighted by molar-refractivity contribution is 7.98. The first-order chi connectivity index (χ1) is 15.3. The summed E-state index contributed by atoms with van der Waals surface area (Å²) in [6.07, 6.45) is 0.240. The van der Waals surface area contributed by atoms with Gasteiger partial charge in [0.1, 0.15) is 24.2 Å². The number of aliphatic hydroxyl groups is 1. The van der Waals surface area contributed by atoms with Gasteiger partial charge in [-0.3, -0.25) is 19.2 Å². The van der Waals surface area contributed by atoms with Gasteiger partial charge in [-0.2, -0.15) is 11.8 Å². The van der Waals surface area contributed by atoms with E-state index in [-0.39, 0.29) is 25.2 Å². The third-order valence-electron chi connectivity index (χ3n) is 4.67. The molecule has 190 valence electrons. The van der Waals surface area contributed by atoms with E-state index in [1.807, 2.05) is 13.8 Å². The fourth-order valence-corrected chi connectivity index (χ4v) is 3.24. The van der Waals surface area contributed by atoms with Crippen LogP contribution in [-0.4, -0.2) is 87.3 Å². The number of hydrogen-bond donors (Lipinski definition) is 7. The molecule has 8 N–H and O–H groups in total. The van der Waals surface area contributed by atoms with Crippen LogP contribution in [0.4, 0.5) is 0 Å². The van der Waals surface area contributed by atoms with Gasteiger partial charge >= 0.3 is 11.9 Å². The normalized spacial score (nSPS) is 15.6. The molecule has 0 spiro atoms. The molecule has 0 heterocycles. The topological polar surface area (TPSA) is 208 Å². The van der Waals surface area contributed by atoms with E-state index in [9.17, 15) is 34.2 Å². The number of aliphatic carboxylic acids is 2. The lowest BCUT2D eigenvalue weighted by Crippen LogP contribution is -2.58. The molecule has 13 heteroatoms. The Balaban J connectivity index is 5.52. The van der Waals surface area contributed by atoms with Gasteiger partial charge in [0, 0.05) is 6.42 Å². The van der Waals surface area contributed by atoms with Gasteiger partial charge in [-0.25, -0.2) is 4.79 Å². The molecule has 0 radical (unpaired) electrons. The molecule has 0 bridgehead atoms. The third-order valence-corrected chi connectivity index (χ3v) is 5.31. The molecule has 0 aliphatic heterocycles. The highest BCUT2D eigenvalue weighted by Crippen LogP contribution is 2.08. The van der Waals surface area contributed by atoms with Crippen molar-refractivity contribution < 1.29 is 39.3 Å². The molecule has 0 saturated carbocycles. The predicted molar refractivity (Wildman–Crippen MR) is 122 cm³/mol. The summed E-state index contributed by atoms with van der Waals surface area (Å²) >= 11 is 1.41. The maximum Gasteiger partial charge on any atom is 0.326 e. The smallest absolute Gasteiger partial charge is 0.326 e. The minimum atomic E-state index is -1.34. The van der Waals surface area contributed by atoms with Gasteiger partial charge in [0.25, 0.3) is 0 Å². The Hall–Kier alpha value is -2.38. The third kappa shape index (κ3) is 12.4. The SMILES string of the molecule is CSCCC(NC(=O)C(CCC(=O)O)NC(=O)C(N)C(C)O)C(=O)NC(CC(C)C)C(=O)O. The molecule has 5 atom stereocenters. The van der Waals surface area contributed by atoms with Gasteiger partial charge in [-0.15, -0.1) is 0 Å². The van der Waals surface area contributed by atoms with Gasteiger partial charge in [0.05, 0.1) is 6.10 Å². The van der Waals surface area contributed by atoms with Crippen molar-refractivity contribution in [3.8, 4) is 0 Å². The van der Waals surface area contributed by atoms with Crippen LogP contribution in [0.25, 0.3) is 0 Å². The second-order valence-corrected chi connectivity index (χ2v) is 9.12. The van der Waals surface area contributed by atoms with Crippen LogP contribution in [0.1, 0.15) is 46.5 Å². The number of nitrogens with two attached hydrogens (primary N) is 1. The van der Waals surface area contributed by atoms with E-state index in [1.165, 1.54) is 18.7 Å². The number of carbonyl (C=O) groups is 5. The summed E-state index contributed by atoms with van der Waals surface area (Å²) in [7, 11) is 0. The maximum absolute atomic E-state index is 12.8. The van der Waals surface area contributed by atoms with Crippen LogP contribution in [0.2, 0.25) is 0 Å². The Morgan fingerprint density at radius 3 is 1.76 bits per heavy atom. The molecule has 12 nitrogen and oxygen atoms in total. The molecule has 0 aromatic heterocycles. The molecule has 0 aliphatic rings. The predicted octanol–water partition coefficient (Wildman–Crippen LogP) is -1.10. The summed E-state index contributed by atoms with van der Waals surface area (Å²) in [4.78, 5) is 60.2. The summed E-state index contributed by atoms with van der Waals surface area (Å²) in [5, 5.41) is 35.0. The molecule has 33 heavy (non-hydrogen) atoms. The number of carbonyl (C=O) groups excluding carboxylic acids is 3. The van der Waals surface area contributed by atoms with Crippen LogP contribution < -0.4 is 21.7 Å². The fourth-order valence-electron chi connectivity index (χ4n) is 2.77. The number of carboxylic acid groups (broad SMARTS) is 2. The van der Waals surface area contributed by atoms with Crippen molar-refractivity contribution >= 4 is 41.4 Å². The average Bonchev–Trinajstić information content (AvgIpc) is 2.71. The lowest BCUT2D eigenvalue weighted by Gasteiger charge is -2.25. The second-order valence-electron chi connectivity index (χ2n) is 8.13. The van der Waals surface area contributed by atoms with Crippen LogP contribution in [0.15, 0.2) is 0 Å². The Labute approximate surface area is 197 Å². The molecule has 0 rings (SSSR count). The zero-order chi connectivity index (χ0) is 25.7. The molecule has 0 aromatic rings. The van der Waals surface area contributed by atoms with Crippen molar-refractivity contribution in [1.82, 2.24) is 16.0 Å². The van der Waals surface area contributed by atoms with Gasteiger partial charge in [-0.05, 0) is 44.1 Å². The van der Waals surface area contributed by atoms with Crippen molar-refractivity contribution in [3.05, 3.63) is 0 Å². The largest absolute Gasteiger partial charge is 0.481 e.